The Balaban J connectivity index is 0.000000771. The van der Waals surface area contributed by atoms with Crippen molar-refractivity contribution in [3.05, 3.63) is 104 Å². The molecule has 0 fully saturated rings. The van der Waals surface area contributed by atoms with Crippen LogP contribution in [-0.4, -0.2) is 26.4 Å². The van der Waals surface area contributed by atoms with Crippen molar-refractivity contribution in [3.63, 3.8) is 0 Å². The summed E-state index contributed by atoms with van der Waals surface area (Å²) in [5.74, 6) is -1.00. The van der Waals surface area contributed by atoms with Gasteiger partial charge in [-0.1, -0.05) is 35.9 Å². The van der Waals surface area contributed by atoms with Crippen molar-refractivity contribution in [2.45, 2.75) is 52.4 Å². The summed E-state index contributed by atoms with van der Waals surface area (Å²) in [6.45, 7) is 6.91. The van der Waals surface area contributed by atoms with Crippen molar-refractivity contribution in [3.8, 4) is 11.1 Å². The summed E-state index contributed by atoms with van der Waals surface area (Å²) >= 11 is 6.03. The molecule has 0 saturated carbocycles. The Morgan fingerprint density at radius 3 is 2.15 bits per heavy atom. The highest BCUT2D eigenvalue weighted by Gasteiger charge is 2.30. The molecule has 1 heterocycles. The number of pyridine rings is 1. The van der Waals surface area contributed by atoms with Crippen LogP contribution in [-0.2, 0) is 23.9 Å². The Morgan fingerprint density at radius 2 is 1.59 bits per heavy atom. The number of aryl methyl sites for hydroxylation is 1. The van der Waals surface area contributed by atoms with Gasteiger partial charge in [-0.3, -0.25) is 9.59 Å². The average molecular weight is 560 g/mol. The summed E-state index contributed by atoms with van der Waals surface area (Å²) in [7, 11) is 0. The van der Waals surface area contributed by atoms with Gasteiger partial charge in [0.25, 0.3) is 5.56 Å². The van der Waals surface area contributed by atoms with Crippen LogP contribution in [0.15, 0.2) is 71.5 Å². The fourth-order valence-electron chi connectivity index (χ4n) is 4.13. The average Bonchev–Trinajstić information content (AvgIpc) is 2.81. The third kappa shape index (κ3) is 7.94. The monoisotopic (exact) mass is 559 g/mol. The zero-order valence-corrected chi connectivity index (χ0v) is 22.7. The molecular formula is C30H29ClF3NO4. The van der Waals surface area contributed by atoms with Crippen LogP contribution in [0.25, 0.3) is 22.0 Å². The standard InChI is InChI=1S/C26H19ClF3NO3.C4H10O/c1-15-11-22-20(25(21(15)13-24(33)34)17-5-7-19(27)8-6-17)9-10-23(32)31(22)14-16-3-2-4-18(12-16)26(28,29)30;1-4(2,3)5/h2-12H,13-14H2,1H3,(H,33,34);5H,1-3H3. The molecule has 0 atom stereocenters. The number of fused-ring (bicyclic) bond motifs is 1. The van der Waals surface area contributed by atoms with Crippen LogP contribution in [0.3, 0.4) is 0 Å². The molecular weight excluding hydrogens is 531 g/mol. The maximum Gasteiger partial charge on any atom is 0.416 e. The molecule has 1 aromatic heterocycles. The van der Waals surface area contributed by atoms with Crippen molar-refractivity contribution in [1.82, 2.24) is 4.57 Å². The second-order valence-corrected chi connectivity index (χ2v) is 10.6. The lowest BCUT2D eigenvalue weighted by molar-refractivity contribution is -0.138. The Kier molecular flexibility index (Phi) is 8.93. The lowest BCUT2D eigenvalue weighted by Crippen LogP contribution is -2.21. The number of aromatic nitrogens is 1. The second-order valence-electron chi connectivity index (χ2n) is 10.2. The fraction of sp³-hybridized carbons (Fsp3) is 0.267. The van der Waals surface area contributed by atoms with Crippen LogP contribution in [0.2, 0.25) is 5.02 Å². The van der Waals surface area contributed by atoms with Crippen LogP contribution < -0.4 is 5.56 Å². The van der Waals surface area contributed by atoms with Gasteiger partial charge in [-0.2, -0.15) is 13.2 Å². The molecule has 0 amide bonds. The molecule has 4 aromatic rings. The molecule has 2 N–H and O–H groups in total. The van der Waals surface area contributed by atoms with Crippen molar-refractivity contribution in [2.75, 3.05) is 0 Å². The van der Waals surface area contributed by atoms with Crippen molar-refractivity contribution in [1.29, 1.82) is 0 Å². The number of hydrogen-bond donors (Lipinski definition) is 2. The lowest BCUT2D eigenvalue weighted by Gasteiger charge is -2.19. The molecule has 0 radical (unpaired) electrons. The number of rotatable bonds is 5. The van der Waals surface area contributed by atoms with Gasteiger partial charge < -0.3 is 14.8 Å². The van der Waals surface area contributed by atoms with E-state index in [4.69, 9.17) is 16.7 Å². The number of halogens is 4. The molecule has 206 valence electrons. The third-order valence-corrected chi connectivity index (χ3v) is 5.93. The maximum atomic E-state index is 13.2. The molecule has 9 heteroatoms. The first-order chi connectivity index (χ1) is 18.0. The smallest absolute Gasteiger partial charge is 0.416 e. The minimum absolute atomic E-state index is 0.0716. The Hall–Kier alpha value is -3.62. The number of alkyl halides is 3. The van der Waals surface area contributed by atoms with Crippen LogP contribution in [0.5, 0.6) is 0 Å². The number of benzene rings is 3. The molecule has 4 rings (SSSR count). The van der Waals surface area contributed by atoms with E-state index in [0.717, 1.165) is 17.7 Å². The van der Waals surface area contributed by atoms with Gasteiger partial charge in [0.05, 0.1) is 29.6 Å². The van der Waals surface area contributed by atoms with E-state index in [9.17, 15) is 27.9 Å². The van der Waals surface area contributed by atoms with E-state index in [1.165, 1.54) is 22.8 Å². The van der Waals surface area contributed by atoms with Gasteiger partial charge in [-0.05, 0) is 91.9 Å². The number of aliphatic carboxylic acids is 1. The highest BCUT2D eigenvalue weighted by molar-refractivity contribution is 6.30. The first kappa shape index (κ1) is 29.9. The lowest BCUT2D eigenvalue weighted by atomic mass is 9.90. The van der Waals surface area contributed by atoms with Crippen LogP contribution in [0, 0.1) is 6.92 Å². The summed E-state index contributed by atoms with van der Waals surface area (Å²) in [6.07, 6.45) is -4.73. The van der Waals surface area contributed by atoms with E-state index >= 15 is 0 Å². The number of hydrogen-bond acceptors (Lipinski definition) is 3. The molecule has 0 bridgehead atoms. The molecule has 5 nitrogen and oxygen atoms in total. The van der Waals surface area contributed by atoms with Gasteiger partial charge in [0.15, 0.2) is 0 Å². The first-order valence-electron chi connectivity index (χ1n) is 12.1. The van der Waals surface area contributed by atoms with Gasteiger partial charge in [0.2, 0.25) is 0 Å². The predicted molar refractivity (Wildman–Crippen MR) is 147 cm³/mol. The largest absolute Gasteiger partial charge is 0.481 e. The zero-order valence-electron chi connectivity index (χ0n) is 21.9. The third-order valence-electron chi connectivity index (χ3n) is 5.68. The number of aliphatic hydroxyl groups is 1. The van der Waals surface area contributed by atoms with Gasteiger partial charge >= 0.3 is 12.1 Å². The minimum Gasteiger partial charge on any atom is -0.481 e. The highest BCUT2D eigenvalue weighted by Crippen LogP contribution is 2.35. The number of carbonyl (C=O) groups is 1. The van der Waals surface area contributed by atoms with E-state index in [0.29, 0.717) is 38.2 Å². The van der Waals surface area contributed by atoms with E-state index in [2.05, 4.69) is 0 Å². The summed E-state index contributed by atoms with van der Waals surface area (Å²) in [4.78, 5) is 24.4. The van der Waals surface area contributed by atoms with Crippen LogP contribution in [0.1, 0.15) is 43.0 Å². The summed E-state index contributed by atoms with van der Waals surface area (Å²) in [6, 6.07) is 16.4. The second kappa shape index (κ2) is 11.6. The summed E-state index contributed by atoms with van der Waals surface area (Å²) in [5, 5.41) is 19.2. The van der Waals surface area contributed by atoms with E-state index in [-0.39, 0.29) is 18.5 Å². The van der Waals surface area contributed by atoms with Gasteiger partial charge in [-0.25, -0.2) is 0 Å². The van der Waals surface area contributed by atoms with E-state index in [1.54, 1.807) is 64.1 Å². The van der Waals surface area contributed by atoms with Crippen molar-refractivity contribution < 1.29 is 28.2 Å². The Labute approximate surface area is 229 Å². The molecule has 0 aliphatic rings. The first-order valence-corrected chi connectivity index (χ1v) is 12.4. The fourth-order valence-corrected chi connectivity index (χ4v) is 4.26. The molecule has 0 aliphatic heterocycles. The number of nitrogens with zero attached hydrogens (tertiary/aromatic N) is 1. The van der Waals surface area contributed by atoms with Crippen LogP contribution in [0.4, 0.5) is 13.2 Å². The van der Waals surface area contributed by atoms with Gasteiger partial charge in [-0.15, -0.1) is 0 Å². The highest BCUT2D eigenvalue weighted by atomic mass is 35.5. The molecule has 0 saturated heterocycles. The quantitative estimate of drug-likeness (QED) is 0.273. The Morgan fingerprint density at radius 1 is 0.974 bits per heavy atom. The molecule has 0 spiro atoms. The molecule has 3 aromatic carbocycles. The minimum atomic E-state index is -4.50. The predicted octanol–water partition coefficient (Wildman–Crippen LogP) is 7.10. The molecule has 0 aliphatic carbocycles. The number of carboxylic acid groups (broad SMARTS) is 1. The topological polar surface area (TPSA) is 79.5 Å². The van der Waals surface area contributed by atoms with Crippen molar-refractivity contribution in [2.24, 2.45) is 0 Å². The van der Waals surface area contributed by atoms with Gasteiger partial charge in [0.1, 0.15) is 0 Å². The summed E-state index contributed by atoms with van der Waals surface area (Å²) in [5.41, 5.74) is 1.77. The van der Waals surface area contributed by atoms with Crippen molar-refractivity contribution >= 4 is 28.5 Å². The zero-order chi connectivity index (χ0) is 29.1. The maximum absolute atomic E-state index is 13.2. The molecule has 39 heavy (non-hydrogen) atoms. The number of carboxylic acids is 1. The molecule has 0 unspecified atom stereocenters. The van der Waals surface area contributed by atoms with Crippen LogP contribution >= 0.6 is 11.6 Å². The van der Waals surface area contributed by atoms with E-state index in [1.807, 2.05) is 0 Å². The SMILES string of the molecule is CC(C)(C)O.Cc1cc2c(ccc(=O)n2Cc2cccc(C(F)(F)F)c2)c(-c2ccc(Cl)cc2)c1CC(=O)O. The summed E-state index contributed by atoms with van der Waals surface area (Å²) < 4.78 is 41.0. The van der Waals surface area contributed by atoms with E-state index < -0.39 is 23.3 Å². The normalized spacial score (nSPS) is 11.7. The Bertz CT molecular complexity index is 1550. The van der Waals surface area contributed by atoms with Gasteiger partial charge in [0, 0.05) is 16.5 Å².